The fourth-order valence-electron chi connectivity index (χ4n) is 7.47. The lowest BCUT2D eigenvalue weighted by atomic mass is 9.44. The fraction of sp³-hybridized carbons (Fsp3) is 0.769. The van der Waals surface area contributed by atoms with E-state index in [4.69, 9.17) is 4.74 Å². The molecule has 3 fully saturated rings. The molecule has 6 nitrogen and oxygen atoms in total. The maximum absolute atomic E-state index is 16.9. The van der Waals surface area contributed by atoms with Crippen molar-refractivity contribution in [2.24, 2.45) is 28.6 Å². The van der Waals surface area contributed by atoms with Crippen molar-refractivity contribution in [1.29, 1.82) is 0 Å². The fourth-order valence-corrected chi connectivity index (χ4v) is 7.47. The highest BCUT2D eigenvalue weighted by atomic mass is 19.1. The summed E-state index contributed by atoms with van der Waals surface area (Å²) in [4.78, 5) is 24.4. The van der Waals surface area contributed by atoms with E-state index in [1.54, 1.807) is 26.8 Å². The molecule has 0 amide bonds. The van der Waals surface area contributed by atoms with Gasteiger partial charge in [0.2, 0.25) is 0 Å². The topological polar surface area (TPSA) is 104 Å². The number of carbonyl (C=O) groups is 2. The maximum atomic E-state index is 16.9. The van der Waals surface area contributed by atoms with Crippen LogP contribution in [0.1, 0.15) is 60.3 Å². The summed E-state index contributed by atoms with van der Waals surface area (Å²) >= 11 is 0. The molecular formula is C26H39FO6. The number of ketones is 2. The third-order valence-corrected chi connectivity index (χ3v) is 9.20. The molecule has 7 heteroatoms. The van der Waals surface area contributed by atoms with Crippen LogP contribution in [0.5, 0.6) is 0 Å². The van der Waals surface area contributed by atoms with Crippen LogP contribution < -0.4 is 0 Å². The number of fused-ring (bicyclic) bond motifs is 5. The number of hydrogen-bond acceptors (Lipinski definition) is 6. The normalized spacial score (nSPS) is 45.8. The van der Waals surface area contributed by atoms with Crippen molar-refractivity contribution < 1.29 is 34.0 Å². The summed E-state index contributed by atoms with van der Waals surface area (Å²) in [5.41, 5.74) is -5.17. The average molecular weight is 467 g/mol. The van der Waals surface area contributed by atoms with Gasteiger partial charge in [0.25, 0.3) is 0 Å². The Morgan fingerprint density at radius 2 is 1.88 bits per heavy atom. The van der Waals surface area contributed by atoms with Crippen molar-refractivity contribution in [3.63, 3.8) is 0 Å². The highest BCUT2D eigenvalue weighted by Gasteiger charge is 2.75. The third-order valence-electron chi connectivity index (χ3n) is 9.20. The first-order valence-electron chi connectivity index (χ1n) is 12.1. The van der Waals surface area contributed by atoms with Crippen LogP contribution in [-0.2, 0) is 14.3 Å². The molecule has 186 valence electrons. The maximum Gasteiger partial charge on any atom is 0.190 e. The van der Waals surface area contributed by atoms with Crippen LogP contribution >= 0.6 is 0 Å². The number of allylic oxidation sites excluding steroid dienone is 4. The zero-order valence-corrected chi connectivity index (χ0v) is 20.4. The first-order chi connectivity index (χ1) is 15.4. The second-order valence-corrected chi connectivity index (χ2v) is 10.5. The Morgan fingerprint density at radius 1 is 1.24 bits per heavy atom. The molecule has 33 heavy (non-hydrogen) atoms. The van der Waals surface area contributed by atoms with Crippen molar-refractivity contribution in [2.75, 3.05) is 19.8 Å². The number of carbonyl (C=O) groups excluding carboxylic acids is 2. The Labute approximate surface area is 195 Å². The molecule has 0 aliphatic heterocycles. The van der Waals surface area contributed by atoms with Crippen molar-refractivity contribution >= 4 is 11.6 Å². The summed E-state index contributed by atoms with van der Waals surface area (Å²) in [6, 6.07) is 0. The molecule has 4 aliphatic rings. The van der Waals surface area contributed by atoms with Gasteiger partial charge in [0.05, 0.1) is 6.10 Å². The standard InChI is InChI=1S/C22H29FO5.C4H10O/c1-12-8-16-15-5-4-13-9-14(25)6-7-19(13,2)21(15,23)17(26)10-20(16,3)22(12,28)18(27)11-24;1-3-5-4-2/h6-7,9,12,15-17,24,26,28H,4-5,8,10-11H2,1-3H3;3-4H2,1-2H3/t12-,15+,16+,17+,19+,20+,21+,22+;/m1./s1. The number of Topliss-reactive ketones (excluding diaryl/α,β-unsaturated/α-hetero) is 1. The van der Waals surface area contributed by atoms with Gasteiger partial charge in [-0.1, -0.05) is 25.5 Å². The Kier molecular flexibility index (Phi) is 7.14. The Balaban J connectivity index is 0.000000555. The first-order valence-corrected chi connectivity index (χ1v) is 12.1. The molecule has 3 N–H and O–H groups in total. The number of alkyl halides is 1. The summed E-state index contributed by atoms with van der Waals surface area (Å²) in [5.74, 6) is -2.12. The molecule has 0 heterocycles. The van der Waals surface area contributed by atoms with E-state index in [0.717, 1.165) is 13.2 Å². The smallest absolute Gasteiger partial charge is 0.190 e. The van der Waals surface area contributed by atoms with Crippen LogP contribution in [0.15, 0.2) is 23.8 Å². The molecule has 4 aliphatic carbocycles. The molecule has 0 spiro atoms. The number of aliphatic hydroxyl groups excluding tert-OH is 2. The minimum absolute atomic E-state index is 0.0676. The van der Waals surface area contributed by atoms with E-state index in [1.807, 2.05) is 13.8 Å². The van der Waals surface area contributed by atoms with Gasteiger partial charge in [0.1, 0.15) is 12.2 Å². The molecule has 0 unspecified atom stereocenters. The second-order valence-electron chi connectivity index (χ2n) is 10.5. The van der Waals surface area contributed by atoms with Gasteiger partial charge in [-0.3, -0.25) is 9.59 Å². The van der Waals surface area contributed by atoms with Crippen LogP contribution in [0.2, 0.25) is 0 Å². The summed E-state index contributed by atoms with van der Waals surface area (Å²) < 4.78 is 21.7. The van der Waals surface area contributed by atoms with Gasteiger partial charge in [0, 0.05) is 30.0 Å². The third kappa shape index (κ3) is 3.49. The molecule has 0 aromatic rings. The number of rotatable bonds is 4. The van der Waals surface area contributed by atoms with Crippen LogP contribution in [0.4, 0.5) is 4.39 Å². The van der Waals surface area contributed by atoms with Gasteiger partial charge >= 0.3 is 0 Å². The van der Waals surface area contributed by atoms with Crippen molar-refractivity contribution in [3.8, 4) is 0 Å². The summed E-state index contributed by atoms with van der Waals surface area (Å²) in [5, 5.41) is 32.0. The summed E-state index contributed by atoms with van der Waals surface area (Å²) in [6.07, 6.45) is 4.44. The largest absolute Gasteiger partial charge is 0.390 e. The van der Waals surface area contributed by atoms with Crippen LogP contribution in [0, 0.1) is 28.6 Å². The van der Waals surface area contributed by atoms with Gasteiger partial charge in [-0.2, -0.15) is 0 Å². The lowest BCUT2D eigenvalue weighted by Gasteiger charge is -2.62. The molecule has 8 atom stereocenters. The van der Waals surface area contributed by atoms with Crippen molar-refractivity contribution in [3.05, 3.63) is 23.8 Å². The van der Waals surface area contributed by atoms with E-state index in [0.29, 0.717) is 24.8 Å². The first kappa shape index (κ1) is 26.2. The minimum atomic E-state index is -1.98. The van der Waals surface area contributed by atoms with E-state index in [2.05, 4.69) is 0 Å². The SMILES string of the molecule is CCOCC.C[C@@H]1C[C@H]2[C@@H]3CCC4=CC(=O)C=C[C@]4(C)[C@@]3(F)[C@@H](O)C[C@]2(C)[C@@]1(O)C(=O)CO. The van der Waals surface area contributed by atoms with Gasteiger partial charge in [-0.15, -0.1) is 0 Å². The average Bonchev–Trinajstić information content (AvgIpc) is 2.97. The van der Waals surface area contributed by atoms with E-state index in [-0.39, 0.29) is 18.1 Å². The lowest BCUT2D eigenvalue weighted by Crippen LogP contribution is -2.69. The summed E-state index contributed by atoms with van der Waals surface area (Å²) in [6.45, 7) is 10.1. The number of ether oxygens (including phenoxy) is 1. The predicted octanol–water partition coefficient (Wildman–Crippen LogP) is 2.94. The number of halogens is 1. The van der Waals surface area contributed by atoms with Crippen molar-refractivity contribution in [2.45, 2.75) is 77.7 Å². The molecule has 0 bridgehead atoms. The van der Waals surface area contributed by atoms with Crippen LogP contribution in [0.25, 0.3) is 0 Å². The van der Waals surface area contributed by atoms with E-state index in [9.17, 15) is 24.9 Å². The monoisotopic (exact) mass is 466 g/mol. The molecular weight excluding hydrogens is 427 g/mol. The minimum Gasteiger partial charge on any atom is -0.390 e. The van der Waals surface area contributed by atoms with Crippen molar-refractivity contribution in [1.82, 2.24) is 0 Å². The van der Waals surface area contributed by atoms with E-state index in [1.165, 1.54) is 12.2 Å². The highest BCUT2D eigenvalue weighted by molar-refractivity contribution is 6.01. The Hall–Kier alpha value is -1.41. The van der Waals surface area contributed by atoms with Gasteiger partial charge < -0.3 is 20.1 Å². The quantitative estimate of drug-likeness (QED) is 0.589. The zero-order valence-electron chi connectivity index (χ0n) is 20.4. The molecule has 0 aromatic heterocycles. The van der Waals surface area contributed by atoms with Gasteiger partial charge in [0.15, 0.2) is 17.2 Å². The molecule has 0 aromatic carbocycles. The molecule has 0 radical (unpaired) electrons. The zero-order chi connectivity index (χ0) is 24.8. The predicted molar refractivity (Wildman–Crippen MR) is 122 cm³/mol. The Bertz CT molecular complexity index is 852. The number of aliphatic hydroxyl groups is 3. The van der Waals surface area contributed by atoms with Crippen LogP contribution in [-0.4, -0.2) is 64.1 Å². The van der Waals surface area contributed by atoms with E-state index < -0.39 is 52.4 Å². The van der Waals surface area contributed by atoms with Crippen LogP contribution in [0.3, 0.4) is 0 Å². The molecule has 3 saturated carbocycles. The Morgan fingerprint density at radius 3 is 2.42 bits per heavy atom. The van der Waals surface area contributed by atoms with E-state index >= 15 is 4.39 Å². The molecule has 0 saturated heterocycles. The second kappa shape index (κ2) is 8.99. The van der Waals surface area contributed by atoms with Gasteiger partial charge in [-0.05, 0) is 70.4 Å². The lowest BCUT2D eigenvalue weighted by molar-refractivity contribution is -0.219. The van der Waals surface area contributed by atoms with Gasteiger partial charge in [-0.25, -0.2) is 4.39 Å². The molecule has 4 rings (SSSR count). The number of hydrogen-bond donors (Lipinski definition) is 3. The summed E-state index contributed by atoms with van der Waals surface area (Å²) in [7, 11) is 0. The highest BCUT2D eigenvalue weighted by Crippen LogP contribution is 2.70.